The zero-order chi connectivity index (χ0) is 24.3. The molecule has 0 bridgehead atoms. The number of nitrogens with zero attached hydrogens (tertiary/aromatic N) is 2. The van der Waals surface area contributed by atoms with E-state index < -0.39 is 23.9 Å². The van der Waals surface area contributed by atoms with Crippen molar-refractivity contribution in [2.75, 3.05) is 37.9 Å². The number of ether oxygens (including phenoxy) is 4. The number of esters is 4. The van der Waals surface area contributed by atoms with E-state index in [0.29, 0.717) is 0 Å². The molecule has 0 aromatic carbocycles. The summed E-state index contributed by atoms with van der Waals surface area (Å²) in [5.41, 5.74) is 10.7. The molecule has 2 aromatic rings. The molecule has 0 saturated carbocycles. The molecule has 13 nitrogen and oxygen atoms in total. The van der Waals surface area contributed by atoms with Crippen molar-refractivity contribution in [3.05, 3.63) is 21.1 Å². The Balaban J connectivity index is 0.000000602. The molecule has 33 heavy (non-hydrogen) atoms. The topological polar surface area (TPSA) is 215 Å². The fourth-order valence-corrected chi connectivity index (χ4v) is 3.45. The Morgan fingerprint density at radius 3 is 1.18 bits per heavy atom. The first-order valence-electron chi connectivity index (χ1n) is 9.40. The summed E-state index contributed by atoms with van der Waals surface area (Å²) >= 11 is 1.82. The molecule has 2 aromatic heterocycles. The first-order chi connectivity index (χ1) is 15.2. The lowest BCUT2D eigenvalue weighted by Crippen LogP contribution is -2.12. The summed E-state index contributed by atoms with van der Waals surface area (Å²) in [7, 11) is 0. The number of hydrogen-bond donors (Lipinski definition) is 2. The molecule has 6 N–H and O–H groups in total. The quantitative estimate of drug-likeness (QED) is 0.383. The van der Waals surface area contributed by atoms with E-state index in [9.17, 15) is 19.2 Å². The monoisotopic (exact) mass is 506 g/mol. The molecular weight excluding hydrogens is 480 g/mol. The van der Waals surface area contributed by atoms with Crippen molar-refractivity contribution in [1.82, 2.24) is 9.97 Å². The molecule has 2 heterocycles. The van der Waals surface area contributed by atoms with Crippen LogP contribution in [0, 0.1) is 0 Å². The van der Waals surface area contributed by atoms with Gasteiger partial charge in [-0.1, -0.05) is 22.7 Å². The first kappa shape index (κ1) is 29.7. The fourth-order valence-electron chi connectivity index (χ4n) is 2.02. The molecule has 0 aliphatic carbocycles. The van der Waals surface area contributed by atoms with Crippen molar-refractivity contribution in [2.45, 2.75) is 27.7 Å². The standard InChI is InChI=1S/2C9H12N2O4S.H2O/c2*1-3-14-7(12)5-6(8(13)15-4-2)16-9(10)11-5;/h2*3-4H2,1-2H3,(H2,10,11);1H2. The average molecular weight is 507 g/mol. The van der Waals surface area contributed by atoms with E-state index in [1.807, 2.05) is 0 Å². The molecule has 0 aliphatic heterocycles. The van der Waals surface area contributed by atoms with E-state index in [1.165, 1.54) is 0 Å². The fraction of sp³-hybridized carbons (Fsp3) is 0.444. The van der Waals surface area contributed by atoms with Crippen molar-refractivity contribution in [1.29, 1.82) is 0 Å². The minimum atomic E-state index is -0.668. The Labute approximate surface area is 197 Å². The highest BCUT2D eigenvalue weighted by Gasteiger charge is 2.25. The Morgan fingerprint density at radius 1 is 0.636 bits per heavy atom. The van der Waals surface area contributed by atoms with Gasteiger partial charge in [-0.25, -0.2) is 29.1 Å². The molecule has 0 aliphatic rings. The lowest BCUT2D eigenvalue weighted by Gasteiger charge is -2.01. The third kappa shape index (κ3) is 8.63. The van der Waals surface area contributed by atoms with Crippen molar-refractivity contribution in [3.8, 4) is 0 Å². The van der Waals surface area contributed by atoms with Gasteiger partial charge in [0.05, 0.1) is 26.4 Å². The van der Waals surface area contributed by atoms with Gasteiger partial charge in [0.15, 0.2) is 21.7 Å². The molecule has 0 saturated heterocycles. The number of thiazole rings is 2. The number of nitrogen functional groups attached to an aromatic ring is 2. The SMILES string of the molecule is CCOC(=O)c1nc(N)sc1C(=O)OCC.CCOC(=O)c1nc(N)sc1C(=O)OCC.O. The van der Waals surface area contributed by atoms with Crippen LogP contribution in [0.2, 0.25) is 0 Å². The lowest BCUT2D eigenvalue weighted by molar-refractivity contribution is 0.0479. The van der Waals surface area contributed by atoms with E-state index in [0.717, 1.165) is 22.7 Å². The van der Waals surface area contributed by atoms with Gasteiger partial charge in [0.25, 0.3) is 0 Å². The van der Waals surface area contributed by atoms with Crippen LogP contribution in [0.25, 0.3) is 0 Å². The predicted octanol–water partition coefficient (Wildman–Crippen LogP) is 1.33. The number of carbonyl (C=O) groups excluding carboxylic acids is 4. The number of nitrogens with two attached hydrogens (primary N) is 2. The number of carbonyl (C=O) groups is 4. The molecule has 2 rings (SSSR count). The molecule has 0 spiro atoms. The molecule has 0 amide bonds. The molecule has 0 unspecified atom stereocenters. The second-order valence-electron chi connectivity index (χ2n) is 5.34. The minimum Gasteiger partial charge on any atom is -0.462 e. The van der Waals surface area contributed by atoms with Gasteiger partial charge >= 0.3 is 23.9 Å². The summed E-state index contributed by atoms with van der Waals surface area (Å²) in [4.78, 5) is 53.5. The number of aromatic nitrogens is 2. The van der Waals surface area contributed by atoms with Gasteiger partial charge in [0.1, 0.15) is 9.75 Å². The third-order valence-corrected chi connectivity index (χ3v) is 4.88. The van der Waals surface area contributed by atoms with Crippen molar-refractivity contribution in [3.63, 3.8) is 0 Å². The van der Waals surface area contributed by atoms with Gasteiger partial charge in [-0.3, -0.25) is 0 Å². The lowest BCUT2D eigenvalue weighted by atomic mass is 10.3. The Hall–Kier alpha value is -3.30. The van der Waals surface area contributed by atoms with Gasteiger partial charge in [-0.15, -0.1) is 0 Å². The summed E-state index contributed by atoms with van der Waals surface area (Å²) in [6.07, 6.45) is 0. The third-order valence-electron chi connectivity index (χ3n) is 3.15. The van der Waals surface area contributed by atoms with Crippen molar-refractivity contribution < 1.29 is 43.6 Å². The minimum absolute atomic E-state index is 0. The summed E-state index contributed by atoms with van der Waals surface area (Å²) in [5, 5.41) is 0.261. The zero-order valence-corrected chi connectivity index (χ0v) is 20.1. The Kier molecular flexibility index (Phi) is 13.2. The van der Waals surface area contributed by atoms with Crippen LogP contribution in [0.5, 0.6) is 0 Å². The van der Waals surface area contributed by atoms with E-state index in [1.54, 1.807) is 27.7 Å². The highest BCUT2D eigenvalue weighted by Crippen LogP contribution is 2.23. The number of rotatable bonds is 8. The van der Waals surface area contributed by atoms with Crippen LogP contribution in [-0.4, -0.2) is 65.7 Å². The van der Waals surface area contributed by atoms with Crippen LogP contribution in [0.15, 0.2) is 0 Å². The maximum absolute atomic E-state index is 11.5. The van der Waals surface area contributed by atoms with Crippen molar-refractivity contribution in [2.24, 2.45) is 0 Å². The second-order valence-corrected chi connectivity index (χ2v) is 7.40. The van der Waals surface area contributed by atoms with E-state index in [-0.39, 0.29) is 63.3 Å². The number of hydrogen-bond acceptors (Lipinski definition) is 14. The van der Waals surface area contributed by atoms with Crippen LogP contribution in [0.1, 0.15) is 68.0 Å². The van der Waals surface area contributed by atoms with Gasteiger partial charge in [0.2, 0.25) is 0 Å². The highest BCUT2D eigenvalue weighted by molar-refractivity contribution is 7.17. The maximum Gasteiger partial charge on any atom is 0.358 e. The van der Waals surface area contributed by atoms with E-state index in [4.69, 9.17) is 30.4 Å². The average Bonchev–Trinajstić information content (AvgIpc) is 3.32. The summed E-state index contributed by atoms with van der Waals surface area (Å²) in [5.74, 6) is -2.56. The molecular formula is C18H26N4O9S2. The van der Waals surface area contributed by atoms with Gasteiger partial charge < -0.3 is 35.9 Å². The normalized spacial score (nSPS) is 9.58. The van der Waals surface area contributed by atoms with E-state index >= 15 is 0 Å². The Bertz CT molecular complexity index is 812. The second kappa shape index (κ2) is 14.7. The molecule has 184 valence electrons. The molecule has 0 fully saturated rings. The predicted molar refractivity (Wildman–Crippen MR) is 120 cm³/mol. The van der Waals surface area contributed by atoms with Crippen LogP contribution < -0.4 is 11.5 Å². The zero-order valence-electron chi connectivity index (χ0n) is 18.5. The largest absolute Gasteiger partial charge is 0.462 e. The van der Waals surface area contributed by atoms with E-state index in [2.05, 4.69) is 9.97 Å². The number of anilines is 2. The molecule has 15 heteroatoms. The van der Waals surface area contributed by atoms with Gasteiger partial charge in [0, 0.05) is 0 Å². The first-order valence-corrected chi connectivity index (χ1v) is 11.0. The van der Waals surface area contributed by atoms with Gasteiger partial charge in [-0.05, 0) is 27.7 Å². The Morgan fingerprint density at radius 2 is 0.909 bits per heavy atom. The smallest absolute Gasteiger partial charge is 0.358 e. The van der Waals surface area contributed by atoms with Crippen LogP contribution in [0.4, 0.5) is 10.3 Å². The van der Waals surface area contributed by atoms with Crippen LogP contribution in [0.3, 0.4) is 0 Å². The summed E-state index contributed by atoms with van der Waals surface area (Å²) in [6, 6.07) is 0. The summed E-state index contributed by atoms with van der Waals surface area (Å²) in [6.45, 7) is 7.53. The van der Waals surface area contributed by atoms with Gasteiger partial charge in [-0.2, -0.15) is 0 Å². The van der Waals surface area contributed by atoms with Crippen molar-refractivity contribution >= 4 is 56.8 Å². The summed E-state index contributed by atoms with van der Waals surface area (Å²) < 4.78 is 19.1. The molecule has 0 radical (unpaired) electrons. The van der Waals surface area contributed by atoms with Crippen LogP contribution >= 0.6 is 22.7 Å². The molecule has 0 atom stereocenters. The highest BCUT2D eigenvalue weighted by atomic mass is 32.1. The van der Waals surface area contributed by atoms with Crippen LogP contribution in [-0.2, 0) is 18.9 Å². The maximum atomic E-state index is 11.5.